The lowest BCUT2D eigenvalue weighted by molar-refractivity contribution is 0.00203. The van der Waals surface area contributed by atoms with Gasteiger partial charge in [0.2, 0.25) is 0 Å². The number of halogens is 3. The summed E-state index contributed by atoms with van der Waals surface area (Å²) in [5.41, 5.74) is 5.85. The molecule has 5 rings (SSSR count). The van der Waals surface area contributed by atoms with Crippen LogP contribution in [0.4, 0.5) is 0 Å². The Bertz CT molecular complexity index is 1030. The Kier molecular flexibility index (Phi) is 7.00. The van der Waals surface area contributed by atoms with Crippen molar-refractivity contribution in [3.8, 4) is 11.3 Å². The van der Waals surface area contributed by atoms with Gasteiger partial charge >= 0.3 is 0 Å². The molecule has 0 spiro atoms. The molecule has 2 aromatic carbocycles. The number of aromatic amines is 1. The van der Waals surface area contributed by atoms with Crippen molar-refractivity contribution in [3.05, 3.63) is 81.5 Å². The highest BCUT2D eigenvalue weighted by molar-refractivity contribution is 6.31. The van der Waals surface area contributed by atoms with Crippen LogP contribution in [0.1, 0.15) is 48.5 Å². The lowest BCUT2D eigenvalue weighted by Crippen LogP contribution is -2.50. The van der Waals surface area contributed by atoms with Crippen molar-refractivity contribution in [1.29, 1.82) is 0 Å². The Morgan fingerprint density at radius 2 is 1.68 bits per heavy atom. The summed E-state index contributed by atoms with van der Waals surface area (Å²) >= 11 is 12.8. The first kappa shape index (κ1) is 22.7. The summed E-state index contributed by atoms with van der Waals surface area (Å²) in [4.78, 5) is 6.14. The second kappa shape index (κ2) is 9.56. The smallest absolute Gasteiger partial charge is 0.0695 e. The monoisotopic (exact) mass is 476 g/mol. The summed E-state index contributed by atoms with van der Waals surface area (Å²) in [5.74, 6) is 0. The fourth-order valence-electron chi connectivity index (χ4n) is 5.18. The normalized spacial score (nSPS) is 23.8. The molecule has 2 heterocycles. The van der Waals surface area contributed by atoms with Gasteiger partial charge in [-0.25, -0.2) is 0 Å². The highest BCUT2D eigenvalue weighted by Gasteiger charge is 2.39. The number of nitrogens with one attached hydrogen (secondary N) is 1. The van der Waals surface area contributed by atoms with Gasteiger partial charge in [0.05, 0.1) is 12.1 Å². The van der Waals surface area contributed by atoms with Crippen LogP contribution in [0, 0.1) is 0 Å². The average molecular weight is 478 g/mol. The molecule has 1 unspecified atom stereocenters. The Labute approximate surface area is 199 Å². The molecule has 0 amide bonds. The molecule has 0 radical (unpaired) electrons. The molecule has 3 nitrogen and oxygen atoms in total. The van der Waals surface area contributed by atoms with Crippen molar-refractivity contribution >= 4 is 35.6 Å². The standard InChI is InChI=1S/C25H26Cl2N2O.ClH/c26-17-11-9-16(10-12-17)22-15-19-21(28-22)13-14-29(23-7-3-4-8-24(23)30)25(19)18-5-1-2-6-20(18)27;/h1-2,5-6,9-12,15,23-25,28,30H,3-4,7-8,13-14H2;1H/t23-,24-,25?;/m1./s1. The number of hydrogen-bond donors (Lipinski definition) is 2. The number of aromatic nitrogens is 1. The topological polar surface area (TPSA) is 39.3 Å². The molecule has 1 fully saturated rings. The molecular formula is C25H27Cl3N2O. The SMILES string of the molecule is Cl.O[C@@H]1CCCC[C@H]1N1CCc2[nH]c(-c3ccc(Cl)cc3)cc2C1c1ccccc1Cl. The van der Waals surface area contributed by atoms with E-state index in [2.05, 4.69) is 28.1 Å². The van der Waals surface area contributed by atoms with E-state index in [1.165, 1.54) is 17.7 Å². The maximum absolute atomic E-state index is 10.8. The number of aliphatic hydroxyl groups excluding tert-OH is 1. The first-order valence-corrected chi connectivity index (χ1v) is 11.5. The van der Waals surface area contributed by atoms with Gasteiger partial charge in [-0.3, -0.25) is 4.90 Å². The number of aliphatic hydroxyl groups is 1. The van der Waals surface area contributed by atoms with Gasteiger partial charge in [-0.05, 0) is 53.8 Å². The van der Waals surface area contributed by atoms with Crippen LogP contribution in [0.15, 0.2) is 54.6 Å². The average Bonchev–Trinajstić information content (AvgIpc) is 3.19. The molecule has 164 valence electrons. The number of nitrogens with zero attached hydrogens (tertiary/aromatic N) is 1. The van der Waals surface area contributed by atoms with E-state index in [4.69, 9.17) is 23.2 Å². The Morgan fingerprint density at radius 3 is 2.42 bits per heavy atom. The number of fused-ring (bicyclic) bond motifs is 1. The van der Waals surface area contributed by atoms with Crippen LogP contribution in [-0.2, 0) is 6.42 Å². The fraction of sp³-hybridized carbons (Fsp3) is 0.360. The number of hydrogen-bond acceptors (Lipinski definition) is 2. The molecule has 3 atom stereocenters. The largest absolute Gasteiger partial charge is 0.391 e. The number of benzene rings is 2. The van der Waals surface area contributed by atoms with Crippen molar-refractivity contribution in [2.75, 3.05) is 6.54 Å². The molecule has 1 aliphatic heterocycles. The molecule has 0 saturated heterocycles. The molecule has 1 aromatic heterocycles. The molecule has 6 heteroatoms. The van der Waals surface area contributed by atoms with E-state index in [1.54, 1.807) is 0 Å². The number of H-pyrrole nitrogens is 1. The molecule has 31 heavy (non-hydrogen) atoms. The Morgan fingerprint density at radius 1 is 0.935 bits per heavy atom. The predicted molar refractivity (Wildman–Crippen MR) is 130 cm³/mol. The van der Waals surface area contributed by atoms with E-state index in [0.29, 0.717) is 0 Å². The summed E-state index contributed by atoms with van der Waals surface area (Å²) in [6.45, 7) is 0.908. The van der Waals surface area contributed by atoms with Crippen LogP contribution in [0.3, 0.4) is 0 Å². The third kappa shape index (κ3) is 4.40. The predicted octanol–water partition coefficient (Wildman–Crippen LogP) is 6.66. The third-order valence-electron chi connectivity index (χ3n) is 6.66. The summed E-state index contributed by atoms with van der Waals surface area (Å²) in [5, 5.41) is 12.3. The van der Waals surface area contributed by atoms with E-state index in [-0.39, 0.29) is 30.6 Å². The van der Waals surface area contributed by atoms with Gasteiger partial charge in [-0.1, -0.05) is 66.4 Å². The molecule has 1 aliphatic carbocycles. The lowest BCUT2D eigenvalue weighted by Gasteiger charge is -2.45. The quantitative estimate of drug-likeness (QED) is 0.442. The third-order valence-corrected chi connectivity index (χ3v) is 7.25. The van der Waals surface area contributed by atoms with Gasteiger partial charge < -0.3 is 10.1 Å². The minimum Gasteiger partial charge on any atom is -0.391 e. The second-order valence-corrected chi connectivity index (χ2v) is 9.30. The molecule has 2 aliphatic rings. The van der Waals surface area contributed by atoms with Crippen molar-refractivity contribution < 1.29 is 5.11 Å². The lowest BCUT2D eigenvalue weighted by atomic mass is 9.85. The summed E-state index contributed by atoms with van der Waals surface area (Å²) in [6.07, 6.45) is 4.85. The van der Waals surface area contributed by atoms with E-state index in [0.717, 1.165) is 59.1 Å². The second-order valence-electron chi connectivity index (χ2n) is 8.45. The fourth-order valence-corrected chi connectivity index (χ4v) is 5.54. The first-order chi connectivity index (χ1) is 14.6. The van der Waals surface area contributed by atoms with Crippen molar-refractivity contribution in [1.82, 2.24) is 9.88 Å². The molecule has 3 aromatic rings. The zero-order valence-electron chi connectivity index (χ0n) is 17.2. The van der Waals surface area contributed by atoms with Gasteiger partial charge in [0.1, 0.15) is 0 Å². The minimum atomic E-state index is -0.278. The van der Waals surface area contributed by atoms with Crippen LogP contribution in [-0.4, -0.2) is 33.7 Å². The van der Waals surface area contributed by atoms with Crippen LogP contribution in [0.5, 0.6) is 0 Å². The van der Waals surface area contributed by atoms with E-state index >= 15 is 0 Å². The van der Waals surface area contributed by atoms with Crippen molar-refractivity contribution in [2.24, 2.45) is 0 Å². The Balaban J connectivity index is 0.00000231. The van der Waals surface area contributed by atoms with E-state index in [9.17, 15) is 5.11 Å². The minimum absolute atomic E-state index is 0. The summed E-state index contributed by atoms with van der Waals surface area (Å²) in [6, 6.07) is 18.5. The van der Waals surface area contributed by atoms with Gasteiger partial charge in [0.15, 0.2) is 0 Å². The maximum atomic E-state index is 10.8. The Hall–Kier alpha value is -1.49. The van der Waals surface area contributed by atoms with E-state index in [1.807, 2.05) is 36.4 Å². The molecule has 1 saturated carbocycles. The van der Waals surface area contributed by atoms with Crippen LogP contribution < -0.4 is 0 Å². The van der Waals surface area contributed by atoms with Crippen LogP contribution in [0.25, 0.3) is 11.3 Å². The first-order valence-electron chi connectivity index (χ1n) is 10.8. The number of rotatable bonds is 3. The van der Waals surface area contributed by atoms with Gasteiger partial charge in [-0.15, -0.1) is 12.4 Å². The van der Waals surface area contributed by atoms with Crippen molar-refractivity contribution in [2.45, 2.75) is 50.3 Å². The van der Waals surface area contributed by atoms with Gasteiger partial charge in [0.25, 0.3) is 0 Å². The maximum Gasteiger partial charge on any atom is 0.0695 e. The van der Waals surface area contributed by atoms with Crippen LogP contribution >= 0.6 is 35.6 Å². The summed E-state index contributed by atoms with van der Waals surface area (Å²) in [7, 11) is 0. The van der Waals surface area contributed by atoms with Crippen LogP contribution in [0.2, 0.25) is 10.0 Å². The highest BCUT2D eigenvalue weighted by atomic mass is 35.5. The molecule has 2 N–H and O–H groups in total. The van der Waals surface area contributed by atoms with E-state index < -0.39 is 0 Å². The summed E-state index contributed by atoms with van der Waals surface area (Å²) < 4.78 is 0. The van der Waals surface area contributed by atoms with Crippen molar-refractivity contribution in [3.63, 3.8) is 0 Å². The molecular weight excluding hydrogens is 451 g/mol. The highest BCUT2D eigenvalue weighted by Crippen LogP contribution is 2.43. The van der Waals surface area contributed by atoms with Gasteiger partial charge in [-0.2, -0.15) is 0 Å². The molecule has 0 bridgehead atoms. The zero-order chi connectivity index (χ0) is 20.7. The zero-order valence-corrected chi connectivity index (χ0v) is 19.6. The van der Waals surface area contributed by atoms with Gasteiger partial charge in [0, 0.05) is 40.4 Å².